The summed E-state index contributed by atoms with van der Waals surface area (Å²) in [5.41, 5.74) is 0. The van der Waals surface area contributed by atoms with E-state index < -0.39 is 0 Å². The van der Waals surface area contributed by atoms with Gasteiger partial charge in [0.25, 0.3) is 0 Å². The van der Waals surface area contributed by atoms with E-state index in [9.17, 15) is 0 Å². The van der Waals surface area contributed by atoms with Crippen LogP contribution in [0.3, 0.4) is 0 Å². The average Bonchev–Trinajstić information content (AvgIpc) is 3.09. The highest BCUT2D eigenvalue weighted by Gasteiger charge is 2.14. The van der Waals surface area contributed by atoms with Crippen LogP contribution in [-0.2, 0) is 11.2 Å². The van der Waals surface area contributed by atoms with Crippen LogP contribution in [0.2, 0.25) is 0 Å². The molecule has 0 aliphatic heterocycles. The molecule has 7 heteroatoms. The predicted octanol–water partition coefficient (Wildman–Crippen LogP) is 2.32. The Labute approximate surface area is 161 Å². The van der Waals surface area contributed by atoms with Crippen LogP contribution in [-0.4, -0.2) is 50.0 Å². The summed E-state index contributed by atoms with van der Waals surface area (Å²) in [4.78, 5) is 4.57. The van der Waals surface area contributed by atoms with E-state index in [4.69, 9.17) is 14.3 Å². The van der Waals surface area contributed by atoms with Crippen LogP contribution in [0, 0.1) is 0 Å². The summed E-state index contributed by atoms with van der Waals surface area (Å²) in [5.74, 6) is 1.82. The standard InChI is InChI=1S/C17H29N3O3.HI/c21-11-14-22-13-10-19-17(20-15-5-2-1-3-6-15)18-9-8-16-7-4-12-23-16;/h4,7,12,15,21H,1-3,5-6,8-11,13-14H2,(H2,18,19,20);1H. The summed E-state index contributed by atoms with van der Waals surface area (Å²) >= 11 is 0. The fourth-order valence-corrected chi connectivity index (χ4v) is 2.74. The molecule has 1 heterocycles. The zero-order valence-electron chi connectivity index (χ0n) is 14.2. The van der Waals surface area contributed by atoms with Gasteiger partial charge in [-0.1, -0.05) is 19.3 Å². The Bertz CT molecular complexity index is 434. The Balaban J connectivity index is 0.00000288. The molecule has 1 fully saturated rings. The number of furan rings is 1. The third-order valence-corrected chi connectivity index (χ3v) is 3.93. The van der Waals surface area contributed by atoms with E-state index in [0.29, 0.717) is 25.8 Å². The van der Waals surface area contributed by atoms with Gasteiger partial charge in [-0.15, -0.1) is 24.0 Å². The minimum Gasteiger partial charge on any atom is -0.469 e. The van der Waals surface area contributed by atoms with Gasteiger partial charge >= 0.3 is 0 Å². The second-order valence-electron chi connectivity index (χ2n) is 5.80. The topological polar surface area (TPSA) is 79.0 Å². The molecule has 3 N–H and O–H groups in total. The molecule has 0 atom stereocenters. The first-order valence-electron chi connectivity index (χ1n) is 8.64. The van der Waals surface area contributed by atoms with Gasteiger partial charge in [-0.25, -0.2) is 0 Å². The summed E-state index contributed by atoms with van der Waals surface area (Å²) in [7, 11) is 0. The monoisotopic (exact) mass is 451 g/mol. The second kappa shape index (κ2) is 13.5. The number of aliphatic hydroxyl groups excluding tert-OH is 1. The maximum absolute atomic E-state index is 8.70. The molecule has 138 valence electrons. The van der Waals surface area contributed by atoms with E-state index >= 15 is 0 Å². The molecule has 2 rings (SSSR count). The number of hydrogen-bond acceptors (Lipinski definition) is 4. The quantitative estimate of drug-likeness (QED) is 0.233. The van der Waals surface area contributed by atoms with Crippen LogP contribution >= 0.6 is 24.0 Å². The number of rotatable bonds is 9. The molecular weight excluding hydrogens is 421 g/mol. The highest BCUT2D eigenvalue weighted by molar-refractivity contribution is 14.0. The van der Waals surface area contributed by atoms with E-state index in [-0.39, 0.29) is 30.6 Å². The average molecular weight is 451 g/mol. The van der Waals surface area contributed by atoms with Crippen molar-refractivity contribution in [1.29, 1.82) is 0 Å². The first-order chi connectivity index (χ1) is 11.4. The van der Waals surface area contributed by atoms with Crippen LogP contribution in [0.15, 0.2) is 27.8 Å². The summed E-state index contributed by atoms with van der Waals surface area (Å²) in [6.45, 7) is 2.31. The normalized spacial score (nSPS) is 15.8. The molecule has 1 aliphatic rings. The first kappa shape index (κ1) is 21.2. The van der Waals surface area contributed by atoms with Crippen molar-refractivity contribution in [1.82, 2.24) is 10.6 Å². The molecular formula is C17H30IN3O3. The van der Waals surface area contributed by atoms with Gasteiger partial charge in [-0.3, -0.25) is 4.99 Å². The van der Waals surface area contributed by atoms with Crippen LogP contribution in [0.1, 0.15) is 37.9 Å². The highest BCUT2D eigenvalue weighted by atomic mass is 127. The number of hydrogen-bond donors (Lipinski definition) is 3. The van der Waals surface area contributed by atoms with E-state index in [0.717, 1.165) is 24.7 Å². The Hall–Kier alpha value is -0.800. The Kier molecular flexibility index (Phi) is 11.9. The summed E-state index contributed by atoms with van der Waals surface area (Å²) < 4.78 is 10.6. The third-order valence-electron chi connectivity index (χ3n) is 3.93. The predicted molar refractivity (Wildman–Crippen MR) is 106 cm³/mol. The molecule has 1 aromatic heterocycles. The summed E-state index contributed by atoms with van der Waals surface area (Å²) in [6, 6.07) is 4.40. The van der Waals surface area contributed by atoms with E-state index in [2.05, 4.69) is 15.6 Å². The van der Waals surface area contributed by atoms with Crippen molar-refractivity contribution in [3.8, 4) is 0 Å². The minimum atomic E-state index is 0. The zero-order valence-corrected chi connectivity index (χ0v) is 16.5. The molecule has 0 unspecified atom stereocenters. The maximum atomic E-state index is 8.70. The van der Waals surface area contributed by atoms with Crippen LogP contribution in [0.25, 0.3) is 0 Å². The number of halogens is 1. The van der Waals surface area contributed by atoms with Gasteiger partial charge in [-0.05, 0) is 25.0 Å². The van der Waals surface area contributed by atoms with Gasteiger partial charge in [0.15, 0.2) is 5.96 Å². The number of nitrogens with one attached hydrogen (secondary N) is 2. The van der Waals surface area contributed by atoms with E-state index in [1.165, 1.54) is 32.1 Å². The van der Waals surface area contributed by atoms with Gasteiger partial charge < -0.3 is 24.9 Å². The second-order valence-corrected chi connectivity index (χ2v) is 5.80. The lowest BCUT2D eigenvalue weighted by Gasteiger charge is -2.25. The Morgan fingerprint density at radius 2 is 2.12 bits per heavy atom. The number of aliphatic imine (C=N–C) groups is 1. The van der Waals surface area contributed by atoms with Gasteiger partial charge in [0.2, 0.25) is 0 Å². The fourth-order valence-electron chi connectivity index (χ4n) is 2.74. The maximum Gasteiger partial charge on any atom is 0.191 e. The van der Waals surface area contributed by atoms with Crippen LogP contribution < -0.4 is 10.6 Å². The van der Waals surface area contributed by atoms with Crippen molar-refractivity contribution in [3.05, 3.63) is 24.2 Å². The molecule has 0 radical (unpaired) electrons. The molecule has 1 saturated carbocycles. The number of aliphatic hydroxyl groups is 1. The van der Waals surface area contributed by atoms with Crippen molar-refractivity contribution >= 4 is 29.9 Å². The molecule has 0 amide bonds. The Morgan fingerprint density at radius 3 is 2.83 bits per heavy atom. The van der Waals surface area contributed by atoms with E-state index in [1.807, 2.05) is 12.1 Å². The molecule has 1 aromatic rings. The van der Waals surface area contributed by atoms with Crippen LogP contribution in [0.5, 0.6) is 0 Å². The molecule has 0 aromatic carbocycles. The SMILES string of the molecule is I.OCCOCCN=C(NCCc1ccco1)NC1CCCCC1. The molecule has 24 heavy (non-hydrogen) atoms. The van der Waals surface area contributed by atoms with Gasteiger partial charge in [-0.2, -0.15) is 0 Å². The lowest BCUT2D eigenvalue weighted by molar-refractivity contribution is 0.0977. The first-order valence-corrected chi connectivity index (χ1v) is 8.64. The summed E-state index contributed by atoms with van der Waals surface area (Å²) in [6.07, 6.45) is 8.86. The molecule has 0 spiro atoms. The number of guanidine groups is 1. The smallest absolute Gasteiger partial charge is 0.191 e. The number of ether oxygens (including phenoxy) is 1. The van der Waals surface area contributed by atoms with Crippen LogP contribution in [0.4, 0.5) is 0 Å². The number of nitrogens with zero attached hydrogens (tertiary/aromatic N) is 1. The van der Waals surface area contributed by atoms with Crippen molar-refractivity contribution < 1.29 is 14.3 Å². The van der Waals surface area contributed by atoms with Gasteiger partial charge in [0.1, 0.15) is 5.76 Å². The third kappa shape index (κ3) is 8.89. The highest BCUT2D eigenvalue weighted by Crippen LogP contribution is 2.17. The van der Waals surface area contributed by atoms with Crippen molar-refractivity contribution in [2.45, 2.75) is 44.6 Å². The molecule has 0 bridgehead atoms. The van der Waals surface area contributed by atoms with Crippen molar-refractivity contribution in [2.75, 3.05) is 32.9 Å². The minimum absolute atomic E-state index is 0. The lowest BCUT2D eigenvalue weighted by atomic mass is 9.96. The summed E-state index contributed by atoms with van der Waals surface area (Å²) in [5, 5.41) is 15.6. The van der Waals surface area contributed by atoms with Gasteiger partial charge in [0, 0.05) is 19.0 Å². The van der Waals surface area contributed by atoms with Crippen molar-refractivity contribution in [3.63, 3.8) is 0 Å². The largest absolute Gasteiger partial charge is 0.469 e. The lowest BCUT2D eigenvalue weighted by Crippen LogP contribution is -2.45. The fraction of sp³-hybridized carbons (Fsp3) is 0.706. The zero-order chi connectivity index (χ0) is 16.2. The molecule has 1 aliphatic carbocycles. The van der Waals surface area contributed by atoms with Gasteiger partial charge in [0.05, 0.1) is 32.6 Å². The molecule has 6 nitrogen and oxygen atoms in total. The van der Waals surface area contributed by atoms with Crippen molar-refractivity contribution in [2.24, 2.45) is 4.99 Å². The van der Waals surface area contributed by atoms with E-state index in [1.54, 1.807) is 6.26 Å². The Morgan fingerprint density at radius 1 is 1.29 bits per heavy atom. The molecule has 0 saturated heterocycles.